The fraction of sp³-hybridized carbons (Fsp3) is 0.780. The van der Waals surface area contributed by atoms with Crippen LogP contribution < -0.4 is 5.32 Å². The van der Waals surface area contributed by atoms with Crippen LogP contribution in [-0.2, 0) is 18.4 Å². The van der Waals surface area contributed by atoms with Crippen molar-refractivity contribution in [2.45, 2.75) is 212 Å². The third-order valence-corrected chi connectivity index (χ3v) is 11.5. The number of likely N-dealkylation sites (N-methyl/N-ethyl adjacent to an activating group) is 1. The van der Waals surface area contributed by atoms with E-state index in [1.165, 1.54) is 83.5 Å². The van der Waals surface area contributed by atoms with Gasteiger partial charge in [0.2, 0.25) is 5.91 Å². The maximum atomic E-state index is 12.9. The molecular weight excluding hydrogens is 756 g/mol. The fourth-order valence-electron chi connectivity index (χ4n) is 6.72. The van der Waals surface area contributed by atoms with Crippen molar-refractivity contribution in [2.75, 3.05) is 40.9 Å². The number of amides is 1. The number of hydrogen-bond donors (Lipinski definition) is 3. The molecule has 0 aromatic heterocycles. The molecule has 0 heterocycles. The van der Waals surface area contributed by atoms with E-state index in [0.717, 1.165) is 89.9 Å². The molecule has 8 nitrogen and oxygen atoms in total. The lowest BCUT2D eigenvalue weighted by Gasteiger charge is -2.26. The molecule has 0 radical (unpaired) electrons. The second kappa shape index (κ2) is 41.5. The summed E-state index contributed by atoms with van der Waals surface area (Å²) >= 11 is 0. The van der Waals surface area contributed by atoms with Crippen LogP contribution in [0.1, 0.15) is 200 Å². The molecule has 0 rings (SSSR count). The molecule has 0 aliphatic heterocycles. The van der Waals surface area contributed by atoms with Gasteiger partial charge in [0.05, 0.1) is 39.9 Å². The molecule has 3 N–H and O–H groups in total. The van der Waals surface area contributed by atoms with Crippen molar-refractivity contribution < 1.29 is 32.9 Å². The van der Waals surface area contributed by atoms with Crippen LogP contribution in [0.4, 0.5) is 0 Å². The number of nitrogens with one attached hydrogen (secondary N) is 1. The van der Waals surface area contributed by atoms with E-state index in [9.17, 15) is 19.4 Å². The second-order valence-electron chi connectivity index (χ2n) is 17.5. The van der Waals surface area contributed by atoms with Gasteiger partial charge in [-0.3, -0.25) is 13.8 Å². The number of hydrogen-bond acceptors (Lipinski definition) is 5. The highest BCUT2D eigenvalue weighted by atomic mass is 31.2. The SMILES string of the molecule is CC/C=C\C/C=C\C/C=C\C/C=C\C/C=C\CCCCCCCC(=O)NC(COP(=O)(O)OCC[N+](C)(C)C)C(O)CCCCCCCCCCCCCCCCCC. The maximum Gasteiger partial charge on any atom is 0.472 e. The number of carbonyl (C=O) groups is 1. The zero-order chi connectivity index (χ0) is 43.6. The number of aliphatic hydroxyl groups is 1. The summed E-state index contributed by atoms with van der Waals surface area (Å²) in [5.74, 6) is -0.165. The Morgan fingerprint density at radius 2 is 1.02 bits per heavy atom. The zero-order valence-electron chi connectivity index (χ0n) is 39.0. The van der Waals surface area contributed by atoms with Crippen LogP contribution in [-0.4, -0.2) is 73.4 Å². The van der Waals surface area contributed by atoms with E-state index in [4.69, 9.17) is 9.05 Å². The molecule has 0 fully saturated rings. The third kappa shape index (κ3) is 44.1. The van der Waals surface area contributed by atoms with Crippen LogP contribution in [0.25, 0.3) is 0 Å². The van der Waals surface area contributed by atoms with Gasteiger partial charge in [0.25, 0.3) is 0 Å². The summed E-state index contributed by atoms with van der Waals surface area (Å²) in [5.41, 5.74) is 0. The summed E-state index contributed by atoms with van der Waals surface area (Å²) in [6, 6.07) is -0.773. The van der Waals surface area contributed by atoms with Gasteiger partial charge in [0.15, 0.2) is 0 Å². The lowest BCUT2D eigenvalue weighted by Crippen LogP contribution is -2.46. The van der Waals surface area contributed by atoms with Crippen molar-refractivity contribution >= 4 is 13.7 Å². The second-order valence-corrected chi connectivity index (χ2v) is 18.9. The normalized spacial score (nSPS) is 14.8. The van der Waals surface area contributed by atoms with Crippen LogP contribution in [0.5, 0.6) is 0 Å². The average molecular weight is 850 g/mol. The summed E-state index contributed by atoms with van der Waals surface area (Å²) in [6.45, 7) is 4.76. The molecule has 0 saturated carbocycles. The van der Waals surface area contributed by atoms with Crippen LogP contribution >= 0.6 is 7.82 Å². The Morgan fingerprint density at radius 3 is 1.49 bits per heavy atom. The molecule has 3 atom stereocenters. The van der Waals surface area contributed by atoms with Gasteiger partial charge >= 0.3 is 7.82 Å². The molecular formula is C50H94N2O6P+. The average Bonchev–Trinajstić information content (AvgIpc) is 3.19. The molecule has 344 valence electrons. The fourth-order valence-corrected chi connectivity index (χ4v) is 7.46. The van der Waals surface area contributed by atoms with E-state index < -0.39 is 20.0 Å². The minimum Gasteiger partial charge on any atom is -0.391 e. The lowest BCUT2D eigenvalue weighted by atomic mass is 10.0. The van der Waals surface area contributed by atoms with E-state index in [-0.39, 0.29) is 19.1 Å². The Hall–Kier alpha value is -1.80. The molecule has 0 aromatic carbocycles. The topological polar surface area (TPSA) is 105 Å². The van der Waals surface area contributed by atoms with Crippen LogP contribution in [0.2, 0.25) is 0 Å². The van der Waals surface area contributed by atoms with Crippen molar-refractivity contribution in [1.82, 2.24) is 5.32 Å². The number of quaternary nitrogens is 1. The smallest absolute Gasteiger partial charge is 0.391 e. The van der Waals surface area contributed by atoms with Gasteiger partial charge in [-0.1, -0.05) is 197 Å². The summed E-state index contributed by atoms with van der Waals surface area (Å²) < 4.78 is 23.7. The Morgan fingerprint density at radius 1 is 0.593 bits per heavy atom. The number of phosphoric ester groups is 1. The third-order valence-electron chi connectivity index (χ3n) is 10.5. The summed E-state index contributed by atoms with van der Waals surface area (Å²) in [4.78, 5) is 23.2. The maximum absolute atomic E-state index is 12.9. The predicted octanol–water partition coefficient (Wildman–Crippen LogP) is 13.8. The Bertz CT molecular complexity index is 1140. The largest absolute Gasteiger partial charge is 0.472 e. The van der Waals surface area contributed by atoms with Gasteiger partial charge in [-0.15, -0.1) is 0 Å². The minimum atomic E-state index is -4.33. The van der Waals surface area contributed by atoms with Crippen LogP contribution in [0.15, 0.2) is 60.8 Å². The molecule has 1 amide bonds. The summed E-state index contributed by atoms with van der Waals surface area (Å²) in [5, 5.41) is 14.0. The first kappa shape index (κ1) is 57.2. The molecule has 0 aliphatic carbocycles. The Balaban J connectivity index is 4.36. The first-order chi connectivity index (χ1) is 28.5. The van der Waals surface area contributed by atoms with Crippen LogP contribution in [0, 0.1) is 0 Å². The van der Waals surface area contributed by atoms with Crippen molar-refractivity contribution in [1.29, 1.82) is 0 Å². The van der Waals surface area contributed by atoms with Crippen LogP contribution in [0.3, 0.4) is 0 Å². The van der Waals surface area contributed by atoms with E-state index in [0.29, 0.717) is 23.9 Å². The molecule has 9 heteroatoms. The predicted molar refractivity (Wildman–Crippen MR) is 254 cm³/mol. The Kier molecular flexibility index (Phi) is 40.3. The van der Waals surface area contributed by atoms with Crippen molar-refractivity contribution in [3.8, 4) is 0 Å². The summed E-state index contributed by atoms with van der Waals surface area (Å²) in [7, 11) is 1.59. The number of carbonyl (C=O) groups excluding carboxylic acids is 1. The number of nitrogens with zero attached hydrogens (tertiary/aromatic N) is 1. The van der Waals surface area contributed by atoms with E-state index in [2.05, 4.69) is 79.9 Å². The molecule has 0 aliphatic rings. The number of rotatable bonds is 43. The molecule has 0 spiro atoms. The Labute approximate surface area is 364 Å². The quantitative estimate of drug-likeness (QED) is 0.0244. The number of aliphatic hydroxyl groups excluding tert-OH is 1. The monoisotopic (exact) mass is 850 g/mol. The standard InChI is InChI=1S/C50H93N2O6P/c1-6-8-10-12-14-16-18-20-22-24-25-26-27-28-30-32-34-36-38-40-42-44-50(54)51-48(47-58-59(55,56)57-46-45-52(3,4)5)49(53)43-41-39-37-35-33-31-29-23-21-19-17-15-13-11-9-7-2/h8,10,14,16,20,22,25-26,28,30,48-49,53H,6-7,9,11-13,15,17-19,21,23-24,27,29,31-47H2,1-5H3,(H-,51,54,55,56)/p+1/b10-8-,16-14-,22-20-,26-25-,30-28-. The highest BCUT2D eigenvalue weighted by Crippen LogP contribution is 2.43. The van der Waals surface area contributed by atoms with Crippen molar-refractivity contribution in [3.63, 3.8) is 0 Å². The molecule has 3 unspecified atom stereocenters. The number of allylic oxidation sites excluding steroid dienone is 10. The first-order valence-electron chi connectivity index (χ1n) is 24.2. The van der Waals surface area contributed by atoms with Gasteiger partial charge < -0.3 is 19.8 Å². The van der Waals surface area contributed by atoms with Gasteiger partial charge in [-0.2, -0.15) is 0 Å². The van der Waals surface area contributed by atoms with Crippen molar-refractivity contribution in [2.24, 2.45) is 0 Å². The first-order valence-corrected chi connectivity index (χ1v) is 25.6. The minimum absolute atomic E-state index is 0.0678. The van der Waals surface area contributed by atoms with E-state index in [1.807, 2.05) is 21.1 Å². The molecule has 0 bridgehead atoms. The summed E-state index contributed by atoms with van der Waals surface area (Å²) in [6.07, 6.45) is 53.9. The van der Waals surface area contributed by atoms with E-state index in [1.54, 1.807) is 0 Å². The van der Waals surface area contributed by atoms with Gasteiger partial charge in [0.1, 0.15) is 13.2 Å². The molecule has 59 heavy (non-hydrogen) atoms. The highest BCUT2D eigenvalue weighted by Gasteiger charge is 2.28. The van der Waals surface area contributed by atoms with Gasteiger partial charge in [0, 0.05) is 6.42 Å². The van der Waals surface area contributed by atoms with Gasteiger partial charge in [-0.05, 0) is 57.8 Å². The number of unbranched alkanes of at least 4 members (excludes halogenated alkanes) is 20. The zero-order valence-corrected chi connectivity index (χ0v) is 39.9. The van der Waals surface area contributed by atoms with Crippen molar-refractivity contribution in [3.05, 3.63) is 60.8 Å². The molecule has 0 aromatic rings. The van der Waals surface area contributed by atoms with Gasteiger partial charge in [-0.25, -0.2) is 4.57 Å². The highest BCUT2D eigenvalue weighted by molar-refractivity contribution is 7.47. The number of phosphoric acid groups is 1. The lowest BCUT2D eigenvalue weighted by molar-refractivity contribution is -0.870. The van der Waals surface area contributed by atoms with E-state index >= 15 is 0 Å². The molecule has 0 saturated heterocycles.